The maximum atomic E-state index is 4.38. The van der Waals surface area contributed by atoms with Gasteiger partial charge in [-0.3, -0.25) is 0 Å². The number of pyridine rings is 1. The van der Waals surface area contributed by atoms with E-state index in [1.165, 1.54) is 5.69 Å². The second-order valence-corrected chi connectivity index (χ2v) is 4.73. The zero-order chi connectivity index (χ0) is 13.7. The lowest BCUT2D eigenvalue weighted by Crippen LogP contribution is -2.11. The molecule has 0 radical (unpaired) electrons. The molecule has 1 N–H and O–H groups in total. The lowest BCUT2D eigenvalue weighted by molar-refractivity contribution is 0.651. The molecule has 0 aliphatic heterocycles. The zero-order valence-corrected chi connectivity index (χ0v) is 11.8. The molecular weight excluding hydrogens is 238 g/mol. The summed E-state index contributed by atoms with van der Waals surface area (Å²) in [7, 11) is 3.97. The minimum absolute atomic E-state index is 0.767. The highest BCUT2D eigenvalue weighted by atomic mass is 15.1. The van der Waals surface area contributed by atoms with E-state index in [0.717, 1.165) is 31.0 Å². The Bertz CT molecular complexity index is 501. The van der Waals surface area contributed by atoms with Gasteiger partial charge in [-0.25, -0.2) is 9.97 Å². The number of aryl methyl sites for hydroxylation is 1. The van der Waals surface area contributed by atoms with Crippen LogP contribution in [0.1, 0.15) is 19.0 Å². The Balaban J connectivity index is 1.96. The van der Waals surface area contributed by atoms with Gasteiger partial charge in [0.25, 0.3) is 0 Å². The highest BCUT2D eigenvalue weighted by Gasteiger charge is 2.02. The number of anilines is 2. The van der Waals surface area contributed by atoms with Gasteiger partial charge in [0.2, 0.25) is 0 Å². The Kier molecular flexibility index (Phi) is 4.39. The van der Waals surface area contributed by atoms with Crippen molar-refractivity contribution in [1.82, 2.24) is 14.5 Å². The van der Waals surface area contributed by atoms with Crippen LogP contribution in [0, 0.1) is 0 Å². The third-order valence-electron chi connectivity index (χ3n) is 2.94. The fourth-order valence-corrected chi connectivity index (χ4v) is 1.89. The Labute approximate surface area is 114 Å². The van der Waals surface area contributed by atoms with Gasteiger partial charge in [-0.05, 0) is 18.6 Å². The summed E-state index contributed by atoms with van der Waals surface area (Å²) in [5.41, 5.74) is 2.22. The van der Waals surface area contributed by atoms with Crippen LogP contribution in [0.25, 0.3) is 0 Å². The fraction of sp³-hybridized carbons (Fsp3) is 0.429. The molecule has 2 heterocycles. The predicted octanol–water partition coefficient (Wildman–Crippen LogP) is 2.37. The van der Waals surface area contributed by atoms with Crippen LogP contribution < -0.4 is 10.2 Å². The fourth-order valence-electron chi connectivity index (χ4n) is 1.89. The van der Waals surface area contributed by atoms with E-state index in [9.17, 15) is 0 Å². The molecule has 0 saturated carbocycles. The highest BCUT2D eigenvalue weighted by Crippen LogP contribution is 2.13. The van der Waals surface area contributed by atoms with Crippen LogP contribution in [-0.2, 0) is 13.1 Å². The van der Waals surface area contributed by atoms with Crippen molar-refractivity contribution in [1.29, 1.82) is 0 Å². The zero-order valence-electron chi connectivity index (χ0n) is 11.8. The molecule has 0 saturated heterocycles. The molecular formula is C14H21N5. The summed E-state index contributed by atoms with van der Waals surface area (Å²) in [6.07, 6.45) is 6.76. The van der Waals surface area contributed by atoms with Crippen molar-refractivity contribution in [2.24, 2.45) is 0 Å². The van der Waals surface area contributed by atoms with Crippen molar-refractivity contribution in [3.05, 3.63) is 36.5 Å². The van der Waals surface area contributed by atoms with E-state index in [1.807, 2.05) is 49.8 Å². The van der Waals surface area contributed by atoms with Gasteiger partial charge in [0.1, 0.15) is 5.82 Å². The van der Waals surface area contributed by atoms with Gasteiger partial charge in [-0.15, -0.1) is 0 Å². The molecule has 2 aromatic heterocycles. The third-order valence-corrected chi connectivity index (χ3v) is 2.94. The second kappa shape index (κ2) is 6.22. The van der Waals surface area contributed by atoms with Crippen LogP contribution in [0.15, 0.2) is 30.9 Å². The molecule has 0 aliphatic carbocycles. The molecule has 5 nitrogen and oxygen atoms in total. The van der Waals surface area contributed by atoms with Crippen LogP contribution in [-0.4, -0.2) is 28.6 Å². The molecule has 0 fully saturated rings. The van der Waals surface area contributed by atoms with Crippen molar-refractivity contribution in [3.8, 4) is 0 Å². The third kappa shape index (κ3) is 3.47. The molecule has 0 unspecified atom stereocenters. The summed E-state index contributed by atoms with van der Waals surface area (Å²) < 4.78 is 2.18. The molecule has 0 amide bonds. The first-order valence-corrected chi connectivity index (χ1v) is 6.57. The second-order valence-electron chi connectivity index (χ2n) is 4.73. The Morgan fingerprint density at radius 3 is 2.74 bits per heavy atom. The molecule has 2 aromatic rings. The van der Waals surface area contributed by atoms with Crippen molar-refractivity contribution < 1.29 is 0 Å². The quantitative estimate of drug-likeness (QED) is 0.865. The Hall–Kier alpha value is -2.04. The van der Waals surface area contributed by atoms with Crippen LogP contribution in [0.3, 0.4) is 0 Å². The summed E-state index contributed by atoms with van der Waals surface area (Å²) in [5.74, 6) is 0.960. The van der Waals surface area contributed by atoms with Gasteiger partial charge in [-0.1, -0.05) is 6.92 Å². The highest BCUT2D eigenvalue weighted by molar-refractivity contribution is 5.47. The molecule has 102 valence electrons. The number of hydrogen-bond donors (Lipinski definition) is 1. The first-order valence-electron chi connectivity index (χ1n) is 6.57. The standard InChI is InChI=1S/C14H21N5/c1-4-7-19-11-15-9-13(19)10-16-12-5-6-14(17-8-12)18(2)3/h5-6,8-9,11,16H,4,7,10H2,1-3H3. The lowest BCUT2D eigenvalue weighted by atomic mass is 10.3. The van der Waals surface area contributed by atoms with Gasteiger partial charge in [0, 0.05) is 26.8 Å². The summed E-state index contributed by atoms with van der Waals surface area (Å²) in [6.45, 7) is 3.94. The Morgan fingerprint density at radius 1 is 1.26 bits per heavy atom. The minimum atomic E-state index is 0.767. The van der Waals surface area contributed by atoms with E-state index in [4.69, 9.17) is 0 Å². The lowest BCUT2D eigenvalue weighted by Gasteiger charge is -2.12. The largest absolute Gasteiger partial charge is 0.378 e. The summed E-state index contributed by atoms with van der Waals surface area (Å²) in [6, 6.07) is 4.05. The first kappa shape index (κ1) is 13.4. The number of hydrogen-bond acceptors (Lipinski definition) is 4. The summed E-state index contributed by atoms with van der Waals surface area (Å²) in [4.78, 5) is 10.6. The summed E-state index contributed by atoms with van der Waals surface area (Å²) in [5, 5.41) is 3.37. The van der Waals surface area contributed by atoms with Crippen LogP contribution in [0.5, 0.6) is 0 Å². The molecule has 0 aromatic carbocycles. The predicted molar refractivity (Wildman–Crippen MR) is 78.4 cm³/mol. The maximum absolute atomic E-state index is 4.38. The van der Waals surface area contributed by atoms with Gasteiger partial charge >= 0.3 is 0 Å². The Morgan fingerprint density at radius 2 is 2.11 bits per heavy atom. The monoisotopic (exact) mass is 259 g/mol. The van der Waals surface area contributed by atoms with Crippen LogP contribution in [0.4, 0.5) is 11.5 Å². The van der Waals surface area contributed by atoms with E-state index in [-0.39, 0.29) is 0 Å². The van der Waals surface area contributed by atoms with Crippen molar-refractivity contribution >= 4 is 11.5 Å². The minimum Gasteiger partial charge on any atom is -0.378 e. The van der Waals surface area contributed by atoms with Gasteiger partial charge < -0.3 is 14.8 Å². The molecule has 0 aliphatic rings. The maximum Gasteiger partial charge on any atom is 0.128 e. The van der Waals surface area contributed by atoms with E-state index in [2.05, 4.69) is 26.8 Å². The van der Waals surface area contributed by atoms with Gasteiger partial charge in [0.15, 0.2) is 0 Å². The number of aromatic nitrogens is 3. The average Bonchev–Trinajstić information content (AvgIpc) is 2.85. The van der Waals surface area contributed by atoms with Crippen LogP contribution >= 0.6 is 0 Å². The number of nitrogens with zero attached hydrogens (tertiary/aromatic N) is 4. The summed E-state index contributed by atoms with van der Waals surface area (Å²) >= 11 is 0. The molecule has 0 bridgehead atoms. The van der Waals surface area contributed by atoms with Gasteiger partial charge in [-0.2, -0.15) is 0 Å². The van der Waals surface area contributed by atoms with Crippen molar-refractivity contribution in [3.63, 3.8) is 0 Å². The molecule has 0 atom stereocenters. The van der Waals surface area contributed by atoms with Crippen molar-refractivity contribution in [2.75, 3.05) is 24.3 Å². The van der Waals surface area contributed by atoms with E-state index < -0.39 is 0 Å². The first-order chi connectivity index (χ1) is 9.20. The van der Waals surface area contributed by atoms with E-state index in [0.29, 0.717) is 0 Å². The number of nitrogens with one attached hydrogen (secondary N) is 1. The smallest absolute Gasteiger partial charge is 0.128 e. The number of rotatable bonds is 6. The molecule has 0 spiro atoms. The molecule has 5 heteroatoms. The van der Waals surface area contributed by atoms with E-state index >= 15 is 0 Å². The van der Waals surface area contributed by atoms with Gasteiger partial charge in [0.05, 0.1) is 30.5 Å². The molecule has 2 rings (SSSR count). The van der Waals surface area contributed by atoms with E-state index in [1.54, 1.807) is 0 Å². The normalized spacial score (nSPS) is 10.5. The van der Waals surface area contributed by atoms with Crippen LogP contribution in [0.2, 0.25) is 0 Å². The average molecular weight is 259 g/mol. The molecule has 19 heavy (non-hydrogen) atoms. The van der Waals surface area contributed by atoms with Crippen molar-refractivity contribution in [2.45, 2.75) is 26.4 Å². The SMILES string of the molecule is CCCn1cncc1CNc1ccc(N(C)C)nc1. The topological polar surface area (TPSA) is 46.0 Å². The number of imidazole rings is 1.